The number of aryl methyl sites for hydroxylation is 2. The molecular formula is C28H36N2O4. The van der Waals surface area contributed by atoms with E-state index in [0.29, 0.717) is 0 Å². The maximum absolute atomic E-state index is 12.1. The van der Waals surface area contributed by atoms with Gasteiger partial charge in [0, 0.05) is 18.1 Å². The first kappa shape index (κ1) is 25.3. The third kappa shape index (κ3) is 5.99. The van der Waals surface area contributed by atoms with Crippen LogP contribution in [0.15, 0.2) is 48.7 Å². The summed E-state index contributed by atoms with van der Waals surface area (Å²) in [4.78, 5) is 25.9. The van der Waals surface area contributed by atoms with Crippen LogP contribution in [0.5, 0.6) is 0 Å². The molecule has 1 amide bonds. The summed E-state index contributed by atoms with van der Waals surface area (Å²) >= 11 is 0. The lowest BCUT2D eigenvalue weighted by molar-refractivity contribution is 0.0541. The minimum atomic E-state index is -0.476. The Kier molecular flexibility index (Phi) is 7.10. The summed E-state index contributed by atoms with van der Waals surface area (Å²) in [6.07, 6.45) is 2.09. The van der Waals surface area contributed by atoms with E-state index in [4.69, 9.17) is 9.47 Å². The molecule has 2 aromatic carbocycles. The van der Waals surface area contributed by atoms with Gasteiger partial charge in [-0.05, 0) is 84.6 Å². The van der Waals surface area contributed by atoms with Crippen LogP contribution in [0.2, 0.25) is 0 Å². The van der Waals surface area contributed by atoms with Gasteiger partial charge in [0.15, 0.2) is 0 Å². The van der Waals surface area contributed by atoms with Crippen molar-refractivity contribution in [2.45, 2.75) is 73.0 Å². The smallest absolute Gasteiger partial charge is 0.418 e. The van der Waals surface area contributed by atoms with E-state index in [1.165, 1.54) is 5.56 Å². The van der Waals surface area contributed by atoms with E-state index in [9.17, 15) is 9.59 Å². The zero-order valence-corrected chi connectivity index (χ0v) is 21.6. The molecule has 0 bridgehead atoms. The van der Waals surface area contributed by atoms with Crippen molar-refractivity contribution in [2.24, 2.45) is 0 Å². The summed E-state index contributed by atoms with van der Waals surface area (Å²) < 4.78 is 12.4. The minimum Gasteiger partial charge on any atom is -0.443 e. The highest BCUT2D eigenvalue weighted by Crippen LogP contribution is 2.32. The van der Waals surface area contributed by atoms with Gasteiger partial charge < -0.3 is 9.47 Å². The van der Waals surface area contributed by atoms with Gasteiger partial charge in [0.25, 0.3) is 0 Å². The van der Waals surface area contributed by atoms with E-state index in [2.05, 4.69) is 6.07 Å². The number of benzene rings is 2. The van der Waals surface area contributed by atoms with Gasteiger partial charge in [-0.25, -0.2) is 9.59 Å². The van der Waals surface area contributed by atoms with Crippen molar-refractivity contribution < 1.29 is 19.1 Å². The molecule has 182 valence electrons. The summed E-state index contributed by atoms with van der Waals surface area (Å²) in [6.45, 7) is 16.0. The third-order valence-corrected chi connectivity index (χ3v) is 5.31. The van der Waals surface area contributed by atoms with Crippen LogP contribution in [-0.2, 0) is 15.9 Å². The molecule has 1 aliphatic rings. The Morgan fingerprint density at radius 2 is 1.38 bits per heavy atom. The molecule has 6 nitrogen and oxygen atoms in total. The predicted octanol–water partition coefficient (Wildman–Crippen LogP) is 7.03. The highest BCUT2D eigenvalue weighted by Gasteiger charge is 2.29. The summed E-state index contributed by atoms with van der Waals surface area (Å²) in [6, 6.07) is 14.0. The lowest BCUT2D eigenvalue weighted by Crippen LogP contribution is -2.36. The van der Waals surface area contributed by atoms with Gasteiger partial charge in [0.05, 0.1) is 11.2 Å². The Bertz CT molecular complexity index is 1200. The topological polar surface area (TPSA) is 60.8 Å². The molecule has 0 fully saturated rings. The van der Waals surface area contributed by atoms with Crippen molar-refractivity contribution in [3.8, 4) is 0 Å². The predicted molar refractivity (Wildman–Crippen MR) is 137 cm³/mol. The normalized spacial score (nSPS) is 13.2. The molecule has 0 saturated heterocycles. The molecule has 4 rings (SSSR count). The molecule has 3 aromatic rings. The number of carbonyl (C=O) groups is 2. The maximum Gasteiger partial charge on any atom is 0.418 e. The first-order valence-corrected chi connectivity index (χ1v) is 11.7. The summed E-state index contributed by atoms with van der Waals surface area (Å²) in [5.41, 5.74) is 4.46. The van der Waals surface area contributed by atoms with E-state index in [0.717, 1.165) is 40.7 Å². The summed E-state index contributed by atoms with van der Waals surface area (Å²) in [5.74, 6) is 0. The zero-order valence-electron chi connectivity index (χ0n) is 21.6. The zero-order chi connectivity index (χ0) is 25.3. The van der Waals surface area contributed by atoms with Crippen molar-refractivity contribution in [2.75, 3.05) is 11.4 Å². The standard InChI is InChI=1S/C14H19NO2.C14H17NO2/c2*1-10-6-5-7-11-8-9-15(12(10)11)13(16)17-14(2,3)4/h5-7H,8-9H2,1-4H3;5-9H,1-4H3. The first-order valence-electron chi connectivity index (χ1n) is 11.7. The number of hydrogen-bond donors (Lipinski definition) is 0. The fraction of sp³-hybridized carbons (Fsp3) is 0.429. The molecule has 1 aromatic heterocycles. The van der Waals surface area contributed by atoms with Gasteiger partial charge in [-0.3, -0.25) is 9.47 Å². The average Bonchev–Trinajstić information content (AvgIpc) is 3.32. The Morgan fingerprint density at radius 3 is 2.03 bits per heavy atom. The van der Waals surface area contributed by atoms with Crippen LogP contribution in [0.3, 0.4) is 0 Å². The van der Waals surface area contributed by atoms with Crippen LogP contribution >= 0.6 is 0 Å². The minimum absolute atomic E-state index is 0.245. The lowest BCUT2D eigenvalue weighted by atomic mass is 10.1. The van der Waals surface area contributed by atoms with Gasteiger partial charge in [-0.1, -0.05) is 36.4 Å². The number of hydrogen-bond acceptors (Lipinski definition) is 4. The monoisotopic (exact) mass is 464 g/mol. The molecule has 0 N–H and O–H groups in total. The summed E-state index contributed by atoms with van der Waals surface area (Å²) in [5, 5.41) is 1.05. The molecule has 0 aliphatic carbocycles. The maximum atomic E-state index is 12.1. The van der Waals surface area contributed by atoms with Crippen molar-refractivity contribution in [1.29, 1.82) is 0 Å². The molecule has 34 heavy (non-hydrogen) atoms. The Morgan fingerprint density at radius 1 is 0.794 bits per heavy atom. The Balaban J connectivity index is 0.000000191. The van der Waals surface area contributed by atoms with Gasteiger partial charge in [-0.15, -0.1) is 0 Å². The van der Waals surface area contributed by atoms with Gasteiger partial charge in [0.2, 0.25) is 0 Å². The number of nitrogens with zero attached hydrogens (tertiary/aromatic N) is 2. The quantitative estimate of drug-likeness (QED) is 0.358. The SMILES string of the molecule is Cc1cccc2c1N(C(=O)OC(C)(C)C)CC2.Cc1cccc2ccn(C(=O)OC(C)(C)C)c12. The molecule has 0 atom stereocenters. The lowest BCUT2D eigenvalue weighted by Gasteiger charge is -2.25. The van der Waals surface area contributed by atoms with Crippen molar-refractivity contribution in [1.82, 2.24) is 4.57 Å². The molecule has 1 aliphatic heterocycles. The third-order valence-electron chi connectivity index (χ3n) is 5.31. The second-order valence-electron chi connectivity index (χ2n) is 10.6. The number of amides is 1. The van der Waals surface area contributed by atoms with Gasteiger partial charge >= 0.3 is 12.2 Å². The van der Waals surface area contributed by atoms with E-state index in [-0.39, 0.29) is 12.2 Å². The number of anilines is 1. The Labute approximate surface area is 202 Å². The van der Waals surface area contributed by atoms with E-state index in [1.807, 2.05) is 91.8 Å². The number of aromatic nitrogens is 1. The highest BCUT2D eigenvalue weighted by atomic mass is 16.6. The molecule has 0 radical (unpaired) electrons. The number of para-hydroxylation sites is 2. The first-order chi connectivity index (χ1) is 15.8. The molecule has 0 saturated carbocycles. The van der Waals surface area contributed by atoms with Crippen LogP contribution < -0.4 is 4.90 Å². The van der Waals surface area contributed by atoms with Crippen LogP contribution in [0.4, 0.5) is 15.3 Å². The van der Waals surface area contributed by atoms with Crippen LogP contribution in [-0.4, -0.2) is 34.5 Å². The average molecular weight is 465 g/mol. The van der Waals surface area contributed by atoms with Crippen LogP contribution in [0.1, 0.15) is 58.2 Å². The number of ether oxygens (including phenoxy) is 2. The van der Waals surface area contributed by atoms with Crippen molar-refractivity contribution in [3.05, 3.63) is 65.4 Å². The van der Waals surface area contributed by atoms with Crippen LogP contribution in [0, 0.1) is 13.8 Å². The molecule has 6 heteroatoms. The van der Waals surface area contributed by atoms with Crippen molar-refractivity contribution >= 4 is 28.8 Å². The van der Waals surface area contributed by atoms with Gasteiger partial charge in [0.1, 0.15) is 11.2 Å². The van der Waals surface area contributed by atoms with Crippen LogP contribution in [0.25, 0.3) is 10.9 Å². The number of rotatable bonds is 0. The Hall–Kier alpha value is -3.28. The largest absolute Gasteiger partial charge is 0.443 e. The van der Waals surface area contributed by atoms with Crippen molar-refractivity contribution in [3.63, 3.8) is 0 Å². The van der Waals surface area contributed by atoms with Gasteiger partial charge in [-0.2, -0.15) is 0 Å². The number of carbonyl (C=O) groups excluding carboxylic acids is 2. The summed E-state index contributed by atoms with van der Waals surface area (Å²) in [7, 11) is 0. The van der Waals surface area contributed by atoms with E-state index < -0.39 is 11.2 Å². The molecule has 0 unspecified atom stereocenters. The fourth-order valence-corrected chi connectivity index (χ4v) is 3.99. The van der Waals surface area contributed by atoms with E-state index in [1.54, 1.807) is 15.7 Å². The fourth-order valence-electron chi connectivity index (χ4n) is 3.99. The molecule has 2 heterocycles. The molecule has 0 spiro atoms. The van der Waals surface area contributed by atoms with E-state index >= 15 is 0 Å². The highest BCUT2D eigenvalue weighted by molar-refractivity contribution is 5.92. The molecular weight excluding hydrogens is 428 g/mol. The number of fused-ring (bicyclic) bond motifs is 2. The second kappa shape index (κ2) is 9.53. The second-order valence-corrected chi connectivity index (χ2v) is 10.6.